The van der Waals surface area contributed by atoms with Crippen LogP contribution in [-0.4, -0.2) is 50.8 Å². The van der Waals surface area contributed by atoms with Gasteiger partial charge in [-0.2, -0.15) is 0 Å². The van der Waals surface area contributed by atoms with Crippen LogP contribution in [0.15, 0.2) is 41.3 Å². The number of hydrogen-bond donors (Lipinski definition) is 4. The molecule has 1 fully saturated rings. The summed E-state index contributed by atoms with van der Waals surface area (Å²) in [4.78, 5) is 0.748. The lowest BCUT2D eigenvalue weighted by Crippen LogP contribution is -2.51. The molecule has 1 heterocycles. The Balaban J connectivity index is 1.92. The lowest BCUT2D eigenvalue weighted by atomic mass is 10.1. The number of fused-ring (bicyclic) bond motifs is 1. The number of aliphatic hydroxyl groups excluding tert-OH is 3. The Morgan fingerprint density at radius 2 is 1.71 bits per heavy atom. The fraction of sp³-hybridized carbons (Fsp3) is 0.333. The maximum Gasteiger partial charge on any atom is 0.136 e. The third-order valence-electron chi connectivity index (χ3n) is 3.54. The minimum atomic E-state index is -1.24. The van der Waals surface area contributed by atoms with E-state index >= 15 is 0 Å². The molecule has 5 nitrogen and oxygen atoms in total. The molecule has 4 N–H and O–H groups in total. The molecule has 0 radical (unpaired) electrons. The molecule has 4 atom stereocenters. The van der Waals surface area contributed by atoms with Gasteiger partial charge < -0.3 is 25.2 Å². The molecule has 6 heteroatoms. The normalized spacial score (nSPS) is 29.7. The zero-order valence-corrected chi connectivity index (χ0v) is 11.9. The van der Waals surface area contributed by atoms with Crippen LogP contribution in [0.5, 0.6) is 5.75 Å². The van der Waals surface area contributed by atoms with Crippen molar-refractivity contribution in [2.24, 2.45) is 0 Å². The molecule has 0 saturated carbocycles. The second kappa shape index (κ2) is 5.82. The first kappa shape index (κ1) is 14.6. The number of hydrogen-bond acceptors (Lipinski definition) is 6. The van der Waals surface area contributed by atoms with Crippen LogP contribution >= 0.6 is 11.8 Å². The highest BCUT2D eigenvalue weighted by Crippen LogP contribution is 2.38. The van der Waals surface area contributed by atoms with Gasteiger partial charge in [-0.3, -0.25) is 0 Å². The van der Waals surface area contributed by atoms with Crippen LogP contribution in [0.25, 0.3) is 10.8 Å². The molecule has 0 aliphatic carbocycles. The van der Waals surface area contributed by atoms with Crippen LogP contribution in [0, 0.1) is 0 Å². The summed E-state index contributed by atoms with van der Waals surface area (Å²) in [5.74, 6) is 0.154. The van der Waals surface area contributed by atoms with Crippen molar-refractivity contribution in [2.75, 3.05) is 6.61 Å². The summed E-state index contributed by atoms with van der Waals surface area (Å²) in [5.41, 5.74) is -0.700. The van der Waals surface area contributed by atoms with Gasteiger partial charge in [0.05, 0.1) is 6.61 Å². The summed E-state index contributed by atoms with van der Waals surface area (Å²) in [6.07, 6.45) is -3.52. The molecular weight excluding hydrogens is 292 g/mol. The van der Waals surface area contributed by atoms with E-state index in [4.69, 9.17) is 4.74 Å². The number of rotatable bonds is 2. The van der Waals surface area contributed by atoms with Crippen molar-refractivity contribution in [1.29, 1.82) is 0 Å². The Labute approximate surface area is 125 Å². The molecule has 0 unspecified atom stereocenters. The summed E-state index contributed by atoms with van der Waals surface area (Å²) in [7, 11) is 0. The SMILES string of the molecule is Oc1cccc2cccc(S[C@@H]3OC[C@@H](O)[C@H](O)[C@H]3O)c12. The Morgan fingerprint density at radius 3 is 2.48 bits per heavy atom. The Hall–Kier alpha value is -1.31. The molecule has 0 amide bonds. The smallest absolute Gasteiger partial charge is 0.136 e. The maximum absolute atomic E-state index is 10.0. The second-order valence-corrected chi connectivity index (χ2v) is 6.14. The fourth-order valence-corrected chi connectivity index (χ4v) is 3.59. The average Bonchev–Trinajstić information content (AvgIpc) is 2.48. The van der Waals surface area contributed by atoms with Gasteiger partial charge in [0.2, 0.25) is 0 Å². The quantitative estimate of drug-likeness (QED) is 0.664. The van der Waals surface area contributed by atoms with Gasteiger partial charge in [0.15, 0.2) is 0 Å². The molecule has 1 aliphatic rings. The van der Waals surface area contributed by atoms with Crippen molar-refractivity contribution in [2.45, 2.75) is 28.6 Å². The summed E-state index contributed by atoms with van der Waals surface area (Å²) in [6, 6.07) is 10.8. The third kappa shape index (κ3) is 2.73. The number of aliphatic hydroxyl groups is 3. The monoisotopic (exact) mass is 308 g/mol. The zero-order valence-electron chi connectivity index (χ0n) is 11.1. The van der Waals surface area contributed by atoms with Crippen LogP contribution < -0.4 is 0 Å². The molecule has 1 aliphatic heterocycles. The van der Waals surface area contributed by atoms with Gasteiger partial charge in [-0.15, -0.1) is 0 Å². The van der Waals surface area contributed by atoms with Gasteiger partial charge in [0.1, 0.15) is 29.5 Å². The number of benzene rings is 2. The molecular formula is C15H16O5S. The van der Waals surface area contributed by atoms with Crippen molar-refractivity contribution >= 4 is 22.5 Å². The average molecular weight is 308 g/mol. The largest absolute Gasteiger partial charge is 0.507 e. The lowest BCUT2D eigenvalue weighted by molar-refractivity contribution is -0.161. The summed E-state index contributed by atoms with van der Waals surface area (Å²) in [5, 5.41) is 40.8. The van der Waals surface area contributed by atoms with E-state index in [9.17, 15) is 20.4 Å². The number of phenols is 1. The molecule has 0 spiro atoms. The first-order chi connectivity index (χ1) is 10.1. The van der Waals surface area contributed by atoms with E-state index in [1.807, 2.05) is 24.3 Å². The van der Waals surface area contributed by atoms with Crippen LogP contribution in [0.3, 0.4) is 0 Å². The molecule has 2 aromatic carbocycles. The van der Waals surface area contributed by atoms with Gasteiger partial charge in [0.25, 0.3) is 0 Å². The van der Waals surface area contributed by atoms with Crippen molar-refractivity contribution in [1.82, 2.24) is 0 Å². The van der Waals surface area contributed by atoms with Crippen molar-refractivity contribution in [3.8, 4) is 5.75 Å². The molecule has 1 saturated heterocycles. The molecule has 112 valence electrons. The Bertz CT molecular complexity index is 642. The van der Waals surface area contributed by atoms with Gasteiger partial charge in [-0.25, -0.2) is 0 Å². The highest BCUT2D eigenvalue weighted by atomic mass is 32.2. The summed E-state index contributed by atoms with van der Waals surface area (Å²) >= 11 is 1.22. The second-order valence-electron chi connectivity index (χ2n) is 5.00. The predicted octanol–water partition coefficient (Wildman–Crippen LogP) is 1.08. The summed E-state index contributed by atoms with van der Waals surface area (Å²) in [6.45, 7) is -0.0351. The first-order valence-electron chi connectivity index (χ1n) is 6.61. The topological polar surface area (TPSA) is 90.2 Å². The number of phenolic OH excluding ortho intramolecular Hbond substituents is 1. The molecule has 0 aromatic heterocycles. The van der Waals surface area contributed by atoms with E-state index in [0.29, 0.717) is 5.39 Å². The van der Waals surface area contributed by atoms with E-state index in [1.165, 1.54) is 11.8 Å². The Morgan fingerprint density at radius 1 is 1.00 bits per heavy atom. The zero-order chi connectivity index (χ0) is 15.0. The highest BCUT2D eigenvalue weighted by Gasteiger charge is 2.38. The van der Waals surface area contributed by atoms with Crippen LogP contribution in [-0.2, 0) is 4.74 Å². The molecule has 3 rings (SSSR count). The fourth-order valence-electron chi connectivity index (χ4n) is 2.39. The van der Waals surface area contributed by atoms with E-state index in [0.717, 1.165) is 10.3 Å². The van der Waals surface area contributed by atoms with Crippen molar-refractivity contribution < 1.29 is 25.2 Å². The maximum atomic E-state index is 10.0. The minimum Gasteiger partial charge on any atom is -0.507 e. The molecule has 21 heavy (non-hydrogen) atoms. The van der Waals surface area contributed by atoms with Gasteiger partial charge in [0, 0.05) is 10.3 Å². The number of thioether (sulfide) groups is 1. The van der Waals surface area contributed by atoms with Crippen molar-refractivity contribution in [3.63, 3.8) is 0 Å². The van der Waals surface area contributed by atoms with Crippen LogP contribution in [0.1, 0.15) is 0 Å². The van der Waals surface area contributed by atoms with Gasteiger partial charge in [-0.1, -0.05) is 36.0 Å². The number of aromatic hydroxyl groups is 1. The predicted molar refractivity (Wildman–Crippen MR) is 79.2 cm³/mol. The minimum absolute atomic E-state index is 0.0351. The first-order valence-corrected chi connectivity index (χ1v) is 7.49. The van der Waals surface area contributed by atoms with Gasteiger partial charge in [-0.05, 0) is 17.5 Å². The van der Waals surface area contributed by atoms with E-state index < -0.39 is 23.7 Å². The third-order valence-corrected chi connectivity index (χ3v) is 4.78. The van der Waals surface area contributed by atoms with E-state index in [-0.39, 0.29) is 12.4 Å². The van der Waals surface area contributed by atoms with Crippen molar-refractivity contribution in [3.05, 3.63) is 36.4 Å². The van der Waals surface area contributed by atoms with Gasteiger partial charge >= 0.3 is 0 Å². The standard InChI is InChI=1S/C15H16O5S/c16-9-5-1-3-8-4-2-6-11(12(8)9)21-15-14(19)13(18)10(17)7-20-15/h1-6,10,13-19H,7H2/t10-,13+,14-,15+/m1/s1. The highest BCUT2D eigenvalue weighted by molar-refractivity contribution is 8.00. The Kier molecular flexibility index (Phi) is 4.05. The molecule has 2 aromatic rings. The van der Waals surface area contributed by atoms with Crippen LogP contribution in [0.4, 0.5) is 0 Å². The van der Waals surface area contributed by atoms with E-state index in [1.54, 1.807) is 12.1 Å². The summed E-state index contributed by atoms with van der Waals surface area (Å²) < 4.78 is 5.39. The van der Waals surface area contributed by atoms with Crippen LogP contribution in [0.2, 0.25) is 0 Å². The van der Waals surface area contributed by atoms with E-state index in [2.05, 4.69) is 0 Å². The lowest BCUT2D eigenvalue weighted by Gasteiger charge is -2.34. The number of ether oxygens (including phenoxy) is 1. The molecule has 0 bridgehead atoms.